The first-order valence-corrected chi connectivity index (χ1v) is 5.41. The summed E-state index contributed by atoms with van der Waals surface area (Å²) in [4.78, 5) is -1.83. The van der Waals surface area contributed by atoms with Gasteiger partial charge in [0.25, 0.3) is 0 Å². The molecule has 0 saturated carbocycles. The largest absolute Gasteiger partial charge is 0.297 e. The molecule has 1 rings (SSSR count). The monoisotopic (exact) mass is 212 g/mol. The van der Waals surface area contributed by atoms with Crippen molar-refractivity contribution in [3.63, 3.8) is 0 Å². The average Bonchev–Trinajstić information content (AvgIpc) is 2.19. The lowest BCUT2D eigenvalue weighted by molar-refractivity contribution is 0.561. The maximum Gasteiger partial charge on any atom is 0.214 e. The van der Waals surface area contributed by atoms with E-state index >= 15 is 0 Å². The van der Waals surface area contributed by atoms with Gasteiger partial charge in [-0.3, -0.25) is 11.5 Å². The highest BCUT2D eigenvalue weighted by Gasteiger charge is 2.33. The molecule has 0 aliphatic heterocycles. The topological polar surface area (TPSA) is 86.2 Å². The summed E-state index contributed by atoms with van der Waals surface area (Å²) in [6.07, 6.45) is 1.01. The smallest absolute Gasteiger partial charge is 0.214 e. The summed E-state index contributed by atoms with van der Waals surface area (Å²) < 4.78 is 23.5. The molecule has 0 heterocycles. The van der Waals surface area contributed by atoms with Crippen LogP contribution in [-0.2, 0) is 9.84 Å². The Balaban J connectivity index is 3.30. The van der Waals surface area contributed by atoms with Crippen LogP contribution in [0.1, 0.15) is 0 Å². The van der Waals surface area contributed by atoms with Crippen molar-refractivity contribution in [3.8, 4) is 0 Å². The Hall–Kier alpha value is -1.17. The summed E-state index contributed by atoms with van der Waals surface area (Å²) in [5, 5.41) is 0. The van der Waals surface area contributed by atoms with E-state index in [1.54, 1.807) is 18.2 Å². The lowest BCUT2D eigenvalue weighted by Crippen LogP contribution is -2.54. The standard InChI is InChI=1S/C9H12N2O2S/c1-2-9(10,11)14(12,13)8-6-4-3-5-7-8/h2-7H,1,10-11H2. The van der Waals surface area contributed by atoms with Crippen molar-refractivity contribution in [2.24, 2.45) is 11.5 Å². The third kappa shape index (κ3) is 1.70. The Kier molecular flexibility index (Phi) is 2.75. The molecule has 0 bridgehead atoms. The van der Waals surface area contributed by atoms with Crippen LogP contribution in [0.5, 0.6) is 0 Å². The summed E-state index contributed by atoms with van der Waals surface area (Å²) in [5.74, 6) is 0. The lowest BCUT2D eigenvalue weighted by atomic mass is 10.4. The van der Waals surface area contributed by atoms with Gasteiger partial charge in [0.15, 0.2) is 4.99 Å². The maximum absolute atomic E-state index is 11.8. The highest BCUT2D eigenvalue weighted by atomic mass is 32.2. The number of rotatable bonds is 3. The van der Waals surface area contributed by atoms with E-state index in [0.29, 0.717) is 0 Å². The van der Waals surface area contributed by atoms with Gasteiger partial charge in [0, 0.05) is 0 Å². The fourth-order valence-corrected chi connectivity index (χ4v) is 2.06. The van der Waals surface area contributed by atoms with Crippen molar-refractivity contribution in [1.82, 2.24) is 0 Å². The summed E-state index contributed by atoms with van der Waals surface area (Å²) in [7, 11) is -3.75. The molecule has 14 heavy (non-hydrogen) atoms. The molecule has 0 aromatic heterocycles. The van der Waals surface area contributed by atoms with Crippen LogP contribution in [0.4, 0.5) is 0 Å². The zero-order chi connectivity index (χ0) is 10.8. The highest BCUT2D eigenvalue weighted by molar-refractivity contribution is 7.92. The number of hydrogen-bond donors (Lipinski definition) is 2. The van der Waals surface area contributed by atoms with Crippen molar-refractivity contribution >= 4 is 9.84 Å². The first-order chi connectivity index (χ1) is 6.42. The molecular weight excluding hydrogens is 200 g/mol. The van der Waals surface area contributed by atoms with Crippen molar-refractivity contribution in [3.05, 3.63) is 43.0 Å². The number of hydrogen-bond acceptors (Lipinski definition) is 4. The third-order valence-electron chi connectivity index (χ3n) is 1.84. The quantitative estimate of drug-likeness (QED) is 0.554. The van der Waals surface area contributed by atoms with Crippen LogP contribution in [0.15, 0.2) is 47.9 Å². The molecule has 0 amide bonds. The SMILES string of the molecule is C=CC(N)(N)S(=O)(=O)c1ccccc1. The van der Waals surface area contributed by atoms with Crippen molar-refractivity contribution in [2.75, 3.05) is 0 Å². The molecule has 5 heteroatoms. The normalized spacial score (nSPS) is 12.4. The van der Waals surface area contributed by atoms with Crippen LogP contribution in [0, 0.1) is 0 Å². The van der Waals surface area contributed by atoms with E-state index in [9.17, 15) is 8.42 Å². The Bertz CT molecular complexity index is 423. The van der Waals surface area contributed by atoms with Gasteiger partial charge < -0.3 is 0 Å². The first-order valence-electron chi connectivity index (χ1n) is 3.93. The molecule has 0 aliphatic rings. The fraction of sp³-hybridized carbons (Fsp3) is 0.111. The van der Waals surface area contributed by atoms with Crippen LogP contribution in [-0.4, -0.2) is 13.4 Å². The van der Waals surface area contributed by atoms with E-state index in [0.717, 1.165) is 6.08 Å². The van der Waals surface area contributed by atoms with Gasteiger partial charge in [0.1, 0.15) is 0 Å². The second-order valence-corrected chi connectivity index (χ2v) is 5.06. The van der Waals surface area contributed by atoms with E-state index in [1.807, 2.05) is 0 Å². The molecule has 0 atom stereocenters. The Morgan fingerprint density at radius 3 is 2.14 bits per heavy atom. The van der Waals surface area contributed by atoms with Crippen molar-refractivity contribution < 1.29 is 8.42 Å². The van der Waals surface area contributed by atoms with Crippen LogP contribution >= 0.6 is 0 Å². The molecule has 0 saturated heterocycles. The molecule has 0 fully saturated rings. The predicted molar refractivity (Wildman–Crippen MR) is 54.9 cm³/mol. The summed E-state index contributed by atoms with van der Waals surface area (Å²) in [6, 6.07) is 7.79. The average molecular weight is 212 g/mol. The molecule has 76 valence electrons. The van der Waals surface area contributed by atoms with Crippen LogP contribution in [0.25, 0.3) is 0 Å². The van der Waals surface area contributed by atoms with Gasteiger partial charge in [-0.1, -0.05) is 24.8 Å². The molecule has 0 aliphatic carbocycles. The minimum atomic E-state index is -3.75. The first kappa shape index (κ1) is 10.9. The second kappa shape index (κ2) is 3.53. The molecule has 0 unspecified atom stereocenters. The van der Waals surface area contributed by atoms with E-state index in [1.165, 1.54) is 12.1 Å². The van der Waals surface area contributed by atoms with Gasteiger partial charge in [-0.2, -0.15) is 0 Å². The zero-order valence-corrected chi connectivity index (χ0v) is 8.37. The molecule has 0 spiro atoms. The Morgan fingerprint density at radius 1 is 1.21 bits per heavy atom. The van der Waals surface area contributed by atoms with E-state index < -0.39 is 14.8 Å². The second-order valence-electron chi connectivity index (χ2n) is 2.87. The van der Waals surface area contributed by atoms with E-state index in [2.05, 4.69) is 6.58 Å². The summed E-state index contributed by atoms with van der Waals surface area (Å²) in [5.41, 5.74) is 10.8. The number of benzene rings is 1. The van der Waals surface area contributed by atoms with Crippen molar-refractivity contribution in [2.45, 2.75) is 9.89 Å². The van der Waals surface area contributed by atoms with E-state index in [-0.39, 0.29) is 4.90 Å². The Morgan fingerprint density at radius 2 is 1.71 bits per heavy atom. The summed E-state index contributed by atoms with van der Waals surface area (Å²) in [6.45, 7) is 3.29. The Labute approximate surface area is 83.1 Å². The highest BCUT2D eigenvalue weighted by Crippen LogP contribution is 2.17. The minimum absolute atomic E-state index is 0.0879. The molecule has 0 radical (unpaired) electrons. The minimum Gasteiger partial charge on any atom is -0.297 e. The zero-order valence-electron chi connectivity index (χ0n) is 7.55. The molecular formula is C9H12N2O2S. The predicted octanol–water partition coefficient (Wildman–Crippen LogP) is 0.218. The molecule has 1 aromatic carbocycles. The van der Waals surface area contributed by atoms with Gasteiger partial charge in [-0.25, -0.2) is 8.42 Å². The van der Waals surface area contributed by atoms with Gasteiger partial charge in [0.2, 0.25) is 9.84 Å². The fourth-order valence-electron chi connectivity index (χ4n) is 0.913. The number of nitrogens with two attached hydrogens (primary N) is 2. The van der Waals surface area contributed by atoms with Crippen LogP contribution in [0.2, 0.25) is 0 Å². The van der Waals surface area contributed by atoms with Crippen LogP contribution in [0.3, 0.4) is 0 Å². The van der Waals surface area contributed by atoms with Gasteiger partial charge in [-0.05, 0) is 18.2 Å². The molecule has 4 nitrogen and oxygen atoms in total. The number of sulfone groups is 1. The van der Waals surface area contributed by atoms with Gasteiger partial charge >= 0.3 is 0 Å². The molecule has 1 aromatic rings. The van der Waals surface area contributed by atoms with Gasteiger partial charge in [0.05, 0.1) is 4.90 Å². The third-order valence-corrected chi connectivity index (χ3v) is 3.83. The van der Waals surface area contributed by atoms with Crippen LogP contribution < -0.4 is 11.5 Å². The van der Waals surface area contributed by atoms with E-state index in [4.69, 9.17) is 11.5 Å². The van der Waals surface area contributed by atoms with Gasteiger partial charge in [-0.15, -0.1) is 0 Å². The molecule has 4 N–H and O–H groups in total. The lowest BCUT2D eigenvalue weighted by Gasteiger charge is -2.19. The van der Waals surface area contributed by atoms with Crippen molar-refractivity contribution in [1.29, 1.82) is 0 Å². The summed E-state index contributed by atoms with van der Waals surface area (Å²) >= 11 is 0. The maximum atomic E-state index is 11.8.